The average molecular weight is 336 g/mol. The Kier molecular flexibility index (Phi) is 4.14. The molecule has 0 saturated carbocycles. The Morgan fingerprint density at radius 1 is 1.25 bits per heavy atom. The van der Waals surface area contributed by atoms with Gasteiger partial charge in [0.25, 0.3) is 5.69 Å². The average Bonchev–Trinajstić information content (AvgIpc) is 2.40. The van der Waals surface area contributed by atoms with E-state index in [4.69, 9.17) is 4.74 Å². The van der Waals surface area contributed by atoms with Gasteiger partial charge in [-0.2, -0.15) is 0 Å². The maximum Gasteiger partial charge on any atom is 0.274 e. The Balaban J connectivity index is 2.39. The minimum atomic E-state index is -0.507. The van der Waals surface area contributed by atoms with Crippen molar-refractivity contribution in [2.75, 3.05) is 0 Å². The van der Waals surface area contributed by atoms with Gasteiger partial charge >= 0.3 is 0 Å². The molecule has 0 saturated heterocycles. The molecule has 0 aromatic heterocycles. The van der Waals surface area contributed by atoms with Crippen LogP contribution in [0.2, 0.25) is 0 Å². The van der Waals surface area contributed by atoms with Gasteiger partial charge < -0.3 is 4.74 Å². The molecular formula is C14H10BrNO4. The van der Waals surface area contributed by atoms with Crippen LogP contribution in [0.15, 0.2) is 40.9 Å². The van der Waals surface area contributed by atoms with Crippen molar-refractivity contribution in [3.05, 3.63) is 62.1 Å². The SMILES string of the molecule is Cc1ccc(Oc2cc(Br)cc([N+](=O)[O-])c2)c(C=O)c1. The number of aldehydes is 1. The molecule has 0 aliphatic rings. The molecule has 2 aromatic carbocycles. The summed E-state index contributed by atoms with van der Waals surface area (Å²) >= 11 is 3.19. The molecule has 0 amide bonds. The van der Waals surface area contributed by atoms with E-state index in [0.29, 0.717) is 22.1 Å². The highest BCUT2D eigenvalue weighted by Crippen LogP contribution is 2.31. The van der Waals surface area contributed by atoms with Gasteiger partial charge in [0.2, 0.25) is 0 Å². The molecule has 0 spiro atoms. The minimum absolute atomic E-state index is 0.0888. The molecule has 0 atom stereocenters. The number of halogens is 1. The number of hydrogen-bond donors (Lipinski definition) is 0. The van der Waals surface area contributed by atoms with Gasteiger partial charge in [-0.15, -0.1) is 0 Å². The predicted molar refractivity (Wildman–Crippen MR) is 77.4 cm³/mol. The summed E-state index contributed by atoms with van der Waals surface area (Å²) in [5, 5.41) is 10.8. The Labute approximate surface area is 123 Å². The van der Waals surface area contributed by atoms with Crippen LogP contribution in [0.1, 0.15) is 15.9 Å². The number of carbonyl (C=O) groups excluding carboxylic acids is 1. The van der Waals surface area contributed by atoms with Crippen LogP contribution < -0.4 is 4.74 Å². The van der Waals surface area contributed by atoms with Gasteiger partial charge in [-0.1, -0.05) is 27.6 Å². The number of carbonyl (C=O) groups is 1. The minimum Gasteiger partial charge on any atom is -0.456 e. The van der Waals surface area contributed by atoms with Gasteiger partial charge in [-0.3, -0.25) is 14.9 Å². The highest BCUT2D eigenvalue weighted by molar-refractivity contribution is 9.10. The summed E-state index contributed by atoms with van der Waals surface area (Å²) in [5.41, 5.74) is 1.24. The highest BCUT2D eigenvalue weighted by atomic mass is 79.9. The first kappa shape index (κ1) is 14.2. The van der Waals surface area contributed by atoms with Gasteiger partial charge in [0, 0.05) is 10.5 Å². The quantitative estimate of drug-likeness (QED) is 0.475. The lowest BCUT2D eigenvalue weighted by molar-refractivity contribution is -0.385. The number of benzene rings is 2. The molecule has 0 fully saturated rings. The third kappa shape index (κ3) is 3.21. The van der Waals surface area contributed by atoms with Crippen molar-refractivity contribution < 1.29 is 14.5 Å². The Hall–Kier alpha value is -2.21. The molecule has 0 bridgehead atoms. The molecule has 0 aliphatic heterocycles. The highest BCUT2D eigenvalue weighted by Gasteiger charge is 2.11. The van der Waals surface area contributed by atoms with Gasteiger partial charge in [0.1, 0.15) is 11.5 Å². The summed E-state index contributed by atoms with van der Waals surface area (Å²) in [6.45, 7) is 1.86. The first-order valence-corrected chi connectivity index (χ1v) is 6.47. The van der Waals surface area contributed by atoms with Crippen LogP contribution in [0.3, 0.4) is 0 Å². The second kappa shape index (κ2) is 5.83. The molecule has 2 rings (SSSR count). The number of hydrogen-bond acceptors (Lipinski definition) is 4. The second-order valence-corrected chi connectivity index (χ2v) is 5.08. The fourth-order valence-corrected chi connectivity index (χ4v) is 2.15. The number of nitro groups is 1. The van der Waals surface area contributed by atoms with Crippen molar-refractivity contribution in [2.24, 2.45) is 0 Å². The number of ether oxygens (including phenoxy) is 1. The van der Waals surface area contributed by atoms with E-state index in [2.05, 4.69) is 15.9 Å². The Morgan fingerprint density at radius 3 is 2.65 bits per heavy atom. The standard InChI is InChI=1S/C14H10BrNO4/c1-9-2-3-14(10(4-9)8-17)20-13-6-11(15)5-12(7-13)16(18)19/h2-8H,1H3. The number of aryl methyl sites for hydroxylation is 1. The summed E-state index contributed by atoms with van der Waals surface area (Å²) in [5.74, 6) is 0.649. The maximum absolute atomic E-state index is 11.0. The van der Waals surface area contributed by atoms with Crippen LogP contribution in [-0.2, 0) is 0 Å². The van der Waals surface area contributed by atoms with Gasteiger partial charge in [-0.25, -0.2) is 0 Å². The van der Waals surface area contributed by atoms with Crippen LogP contribution in [0.5, 0.6) is 11.5 Å². The molecule has 0 radical (unpaired) electrons. The first-order valence-electron chi connectivity index (χ1n) is 5.68. The van der Waals surface area contributed by atoms with E-state index in [9.17, 15) is 14.9 Å². The summed E-state index contributed by atoms with van der Waals surface area (Å²) < 4.78 is 6.09. The van der Waals surface area contributed by atoms with E-state index < -0.39 is 4.92 Å². The Morgan fingerprint density at radius 2 is 2.00 bits per heavy atom. The molecule has 2 aromatic rings. The zero-order valence-corrected chi connectivity index (χ0v) is 12.1. The molecule has 6 heteroatoms. The molecule has 20 heavy (non-hydrogen) atoms. The summed E-state index contributed by atoms with van der Waals surface area (Å²) in [6, 6.07) is 9.43. The number of nitrogens with zero attached hydrogens (tertiary/aromatic N) is 1. The summed E-state index contributed by atoms with van der Waals surface area (Å²) in [6.07, 6.45) is 0.689. The fraction of sp³-hybridized carbons (Fsp3) is 0.0714. The van der Waals surface area contributed by atoms with Crippen LogP contribution in [0, 0.1) is 17.0 Å². The van der Waals surface area contributed by atoms with Crippen molar-refractivity contribution in [3.63, 3.8) is 0 Å². The molecule has 5 nitrogen and oxygen atoms in total. The van der Waals surface area contributed by atoms with E-state index in [1.165, 1.54) is 12.1 Å². The van der Waals surface area contributed by atoms with Crippen molar-refractivity contribution in [1.82, 2.24) is 0 Å². The smallest absolute Gasteiger partial charge is 0.274 e. The van der Waals surface area contributed by atoms with Crippen molar-refractivity contribution in [3.8, 4) is 11.5 Å². The Bertz CT molecular complexity index is 685. The lowest BCUT2D eigenvalue weighted by Gasteiger charge is -2.09. The van der Waals surface area contributed by atoms with Gasteiger partial charge in [0.05, 0.1) is 16.6 Å². The van der Waals surface area contributed by atoms with Crippen molar-refractivity contribution in [1.29, 1.82) is 0 Å². The van der Waals surface area contributed by atoms with Crippen LogP contribution in [-0.4, -0.2) is 11.2 Å². The lowest BCUT2D eigenvalue weighted by Crippen LogP contribution is -1.93. The number of rotatable bonds is 4. The van der Waals surface area contributed by atoms with E-state index in [1.807, 2.05) is 6.92 Å². The van der Waals surface area contributed by atoms with Crippen molar-refractivity contribution in [2.45, 2.75) is 6.92 Å². The molecular weight excluding hydrogens is 326 g/mol. The summed E-state index contributed by atoms with van der Waals surface area (Å²) in [7, 11) is 0. The number of non-ortho nitro benzene ring substituents is 1. The second-order valence-electron chi connectivity index (χ2n) is 4.16. The van der Waals surface area contributed by atoms with E-state index >= 15 is 0 Å². The predicted octanol–water partition coefficient (Wildman–Crippen LogP) is 4.27. The van der Waals surface area contributed by atoms with Gasteiger partial charge in [0.15, 0.2) is 6.29 Å². The molecule has 0 aliphatic carbocycles. The molecule has 102 valence electrons. The van der Waals surface area contributed by atoms with Gasteiger partial charge in [-0.05, 0) is 25.1 Å². The van der Waals surface area contributed by atoms with Crippen LogP contribution in [0.25, 0.3) is 0 Å². The monoisotopic (exact) mass is 335 g/mol. The lowest BCUT2D eigenvalue weighted by atomic mass is 10.1. The zero-order valence-electron chi connectivity index (χ0n) is 10.5. The van der Waals surface area contributed by atoms with Crippen LogP contribution in [0.4, 0.5) is 5.69 Å². The zero-order chi connectivity index (χ0) is 14.7. The first-order chi connectivity index (χ1) is 9.49. The van der Waals surface area contributed by atoms with Crippen molar-refractivity contribution >= 4 is 27.9 Å². The third-order valence-electron chi connectivity index (χ3n) is 2.59. The molecule has 0 heterocycles. The van der Waals surface area contributed by atoms with E-state index in [0.717, 1.165) is 5.56 Å². The summed E-state index contributed by atoms with van der Waals surface area (Å²) in [4.78, 5) is 21.3. The molecule has 0 N–H and O–H groups in total. The largest absolute Gasteiger partial charge is 0.456 e. The maximum atomic E-state index is 11.0. The normalized spacial score (nSPS) is 10.1. The van der Waals surface area contributed by atoms with E-state index in [1.54, 1.807) is 24.3 Å². The fourth-order valence-electron chi connectivity index (χ4n) is 1.69. The number of nitro benzene ring substituents is 1. The third-order valence-corrected chi connectivity index (χ3v) is 3.04. The van der Waals surface area contributed by atoms with E-state index in [-0.39, 0.29) is 11.4 Å². The topological polar surface area (TPSA) is 69.4 Å². The van der Waals surface area contributed by atoms with Crippen LogP contribution >= 0.6 is 15.9 Å². The molecule has 0 unspecified atom stereocenters.